The standard InChI is InChI=1S/C18H28S/c1-12(2)8-10-17(13(3)4)19-18-11-9-14(5)15(6)16(18)7/h8-11,13,15-16H,1-7H3/b17-10+. The summed E-state index contributed by atoms with van der Waals surface area (Å²) in [7, 11) is 0. The number of rotatable bonds is 4. The maximum Gasteiger partial charge on any atom is -0.00639 e. The molecule has 0 spiro atoms. The Kier molecular flexibility index (Phi) is 6.19. The van der Waals surface area contributed by atoms with E-state index < -0.39 is 0 Å². The van der Waals surface area contributed by atoms with E-state index in [0.717, 1.165) is 0 Å². The van der Waals surface area contributed by atoms with Crippen LogP contribution in [0.4, 0.5) is 0 Å². The van der Waals surface area contributed by atoms with Gasteiger partial charge in [0.1, 0.15) is 0 Å². The molecule has 0 amide bonds. The molecule has 0 aromatic rings. The lowest BCUT2D eigenvalue weighted by Gasteiger charge is -2.27. The Bertz CT molecular complexity index is 429. The molecule has 0 aromatic carbocycles. The predicted molar refractivity (Wildman–Crippen MR) is 90.1 cm³/mol. The fraction of sp³-hybridized carbons (Fsp3) is 0.556. The van der Waals surface area contributed by atoms with E-state index in [4.69, 9.17) is 0 Å². The Morgan fingerprint density at radius 3 is 2.26 bits per heavy atom. The average molecular weight is 276 g/mol. The summed E-state index contributed by atoms with van der Waals surface area (Å²) in [5, 5.41) is 0. The van der Waals surface area contributed by atoms with Gasteiger partial charge >= 0.3 is 0 Å². The first-order valence-electron chi connectivity index (χ1n) is 7.24. The van der Waals surface area contributed by atoms with E-state index in [1.54, 1.807) is 0 Å². The van der Waals surface area contributed by atoms with E-state index in [9.17, 15) is 0 Å². The van der Waals surface area contributed by atoms with Crippen LogP contribution in [0.3, 0.4) is 0 Å². The van der Waals surface area contributed by atoms with E-state index in [0.29, 0.717) is 17.8 Å². The first kappa shape index (κ1) is 16.4. The summed E-state index contributed by atoms with van der Waals surface area (Å²) in [6.07, 6.45) is 9.10. The van der Waals surface area contributed by atoms with Crippen LogP contribution in [0.1, 0.15) is 48.5 Å². The Morgan fingerprint density at radius 2 is 1.74 bits per heavy atom. The Balaban J connectivity index is 2.92. The smallest absolute Gasteiger partial charge is 0.00639 e. The first-order chi connectivity index (χ1) is 8.82. The summed E-state index contributed by atoms with van der Waals surface area (Å²) in [5.41, 5.74) is 2.85. The fourth-order valence-electron chi connectivity index (χ4n) is 2.01. The summed E-state index contributed by atoms with van der Waals surface area (Å²) in [5.74, 6) is 1.87. The van der Waals surface area contributed by atoms with E-state index in [1.165, 1.54) is 21.0 Å². The van der Waals surface area contributed by atoms with Gasteiger partial charge in [-0.2, -0.15) is 0 Å². The third-order valence-corrected chi connectivity index (χ3v) is 5.40. The topological polar surface area (TPSA) is 0 Å². The van der Waals surface area contributed by atoms with Gasteiger partial charge in [-0.1, -0.05) is 74.9 Å². The van der Waals surface area contributed by atoms with E-state index >= 15 is 0 Å². The molecule has 0 radical (unpaired) electrons. The van der Waals surface area contributed by atoms with Crippen LogP contribution >= 0.6 is 11.8 Å². The molecule has 0 heterocycles. The maximum absolute atomic E-state index is 2.35. The summed E-state index contributed by atoms with van der Waals surface area (Å²) in [6, 6.07) is 0. The molecule has 0 aromatic heterocycles. The summed E-state index contributed by atoms with van der Waals surface area (Å²) < 4.78 is 0. The van der Waals surface area contributed by atoms with Gasteiger partial charge in [-0.25, -0.2) is 0 Å². The van der Waals surface area contributed by atoms with Gasteiger partial charge < -0.3 is 0 Å². The minimum atomic E-state index is 0.580. The summed E-state index contributed by atoms with van der Waals surface area (Å²) in [4.78, 5) is 2.96. The van der Waals surface area contributed by atoms with Crippen molar-refractivity contribution < 1.29 is 0 Å². The molecule has 0 bridgehead atoms. The van der Waals surface area contributed by atoms with Gasteiger partial charge in [0.05, 0.1) is 0 Å². The van der Waals surface area contributed by atoms with Crippen LogP contribution < -0.4 is 0 Å². The Morgan fingerprint density at radius 1 is 1.11 bits per heavy atom. The SMILES string of the molecule is CC(C)=C/C=C(/SC1=CC=C(C)C(C)C1C)C(C)C. The summed E-state index contributed by atoms with van der Waals surface area (Å²) >= 11 is 1.96. The lowest BCUT2D eigenvalue weighted by molar-refractivity contribution is 0.516. The number of hydrogen-bond donors (Lipinski definition) is 0. The third kappa shape index (κ3) is 4.72. The van der Waals surface area contributed by atoms with Gasteiger partial charge in [0.15, 0.2) is 0 Å². The van der Waals surface area contributed by atoms with Crippen molar-refractivity contribution in [2.45, 2.75) is 48.5 Å². The lowest BCUT2D eigenvalue weighted by atomic mass is 9.85. The molecule has 1 heteroatoms. The van der Waals surface area contributed by atoms with Gasteiger partial charge in [-0.3, -0.25) is 0 Å². The quantitative estimate of drug-likeness (QED) is 0.540. The van der Waals surface area contributed by atoms with Crippen LogP contribution in [0.25, 0.3) is 0 Å². The fourth-order valence-corrected chi connectivity index (χ4v) is 3.18. The van der Waals surface area contributed by atoms with Crippen LogP contribution in [0.15, 0.2) is 45.3 Å². The molecular formula is C18H28S. The predicted octanol–water partition coefficient (Wildman–Crippen LogP) is 6.34. The summed E-state index contributed by atoms with van der Waals surface area (Å²) in [6.45, 7) is 15.8. The second-order valence-corrected chi connectivity index (χ2v) is 7.27. The van der Waals surface area contributed by atoms with Crippen molar-refractivity contribution >= 4 is 11.8 Å². The largest absolute Gasteiger partial charge is 0.0984 e. The number of allylic oxidation sites excluding steroid dienone is 8. The van der Waals surface area contributed by atoms with Crippen molar-refractivity contribution in [1.29, 1.82) is 0 Å². The molecule has 19 heavy (non-hydrogen) atoms. The molecule has 0 saturated carbocycles. The molecule has 0 N–H and O–H groups in total. The molecule has 0 aliphatic heterocycles. The van der Waals surface area contributed by atoms with E-state index in [1.807, 2.05) is 11.8 Å². The highest BCUT2D eigenvalue weighted by atomic mass is 32.2. The lowest BCUT2D eigenvalue weighted by Crippen LogP contribution is -2.14. The number of thioether (sulfide) groups is 1. The highest BCUT2D eigenvalue weighted by molar-refractivity contribution is 8.06. The van der Waals surface area contributed by atoms with Crippen molar-refractivity contribution in [3.63, 3.8) is 0 Å². The van der Waals surface area contributed by atoms with Crippen molar-refractivity contribution in [2.75, 3.05) is 0 Å². The molecule has 2 atom stereocenters. The molecule has 1 aliphatic carbocycles. The van der Waals surface area contributed by atoms with Gasteiger partial charge in [0, 0.05) is 0 Å². The highest BCUT2D eigenvalue weighted by Crippen LogP contribution is 2.41. The van der Waals surface area contributed by atoms with Gasteiger partial charge in [0.25, 0.3) is 0 Å². The molecule has 1 rings (SSSR count). The number of hydrogen-bond acceptors (Lipinski definition) is 1. The minimum Gasteiger partial charge on any atom is -0.0984 e. The van der Waals surface area contributed by atoms with Crippen LogP contribution in [0.2, 0.25) is 0 Å². The molecule has 0 saturated heterocycles. The second-order valence-electron chi connectivity index (χ2n) is 6.13. The zero-order valence-corrected chi connectivity index (χ0v) is 14.3. The van der Waals surface area contributed by atoms with Crippen LogP contribution in [0, 0.1) is 17.8 Å². The monoisotopic (exact) mass is 276 g/mol. The van der Waals surface area contributed by atoms with Crippen LogP contribution in [0.5, 0.6) is 0 Å². The molecule has 0 nitrogen and oxygen atoms in total. The first-order valence-corrected chi connectivity index (χ1v) is 8.05. The van der Waals surface area contributed by atoms with Crippen molar-refractivity contribution in [3.8, 4) is 0 Å². The Labute approximate surface area is 123 Å². The van der Waals surface area contributed by atoms with Crippen LogP contribution in [-0.4, -0.2) is 0 Å². The van der Waals surface area contributed by atoms with Crippen molar-refractivity contribution in [3.05, 3.63) is 45.3 Å². The molecular weight excluding hydrogens is 248 g/mol. The molecule has 1 aliphatic rings. The van der Waals surface area contributed by atoms with Crippen molar-refractivity contribution in [1.82, 2.24) is 0 Å². The van der Waals surface area contributed by atoms with E-state index in [-0.39, 0.29) is 0 Å². The van der Waals surface area contributed by atoms with Gasteiger partial charge in [-0.15, -0.1) is 0 Å². The normalized spacial score (nSPS) is 24.1. The molecule has 2 unspecified atom stereocenters. The van der Waals surface area contributed by atoms with Gasteiger partial charge in [0.2, 0.25) is 0 Å². The zero-order valence-electron chi connectivity index (χ0n) is 13.4. The van der Waals surface area contributed by atoms with Crippen molar-refractivity contribution in [2.24, 2.45) is 17.8 Å². The molecule has 106 valence electrons. The second kappa shape index (κ2) is 7.19. The molecule has 0 fully saturated rings. The minimum absolute atomic E-state index is 0.580. The van der Waals surface area contributed by atoms with Crippen LogP contribution in [-0.2, 0) is 0 Å². The van der Waals surface area contributed by atoms with E-state index in [2.05, 4.69) is 72.8 Å². The third-order valence-electron chi connectivity index (χ3n) is 3.81. The maximum atomic E-state index is 2.35. The zero-order chi connectivity index (χ0) is 14.6. The Hall–Kier alpha value is -0.690. The highest BCUT2D eigenvalue weighted by Gasteiger charge is 2.22. The average Bonchev–Trinajstić information content (AvgIpc) is 2.33. The van der Waals surface area contributed by atoms with Gasteiger partial charge in [-0.05, 0) is 48.3 Å².